The fraction of sp³-hybridized carbons (Fsp3) is 0.222. The Labute approximate surface area is 80.0 Å². The van der Waals surface area contributed by atoms with Gasteiger partial charge in [-0.25, -0.2) is 0 Å². The summed E-state index contributed by atoms with van der Waals surface area (Å²) in [5.41, 5.74) is 2.71. The molecule has 1 aromatic rings. The maximum absolute atomic E-state index is 8.55. The van der Waals surface area contributed by atoms with Crippen LogP contribution in [0.3, 0.4) is 0 Å². The van der Waals surface area contributed by atoms with Gasteiger partial charge in [-0.1, -0.05) is 33.2 Å². The second kappa shape index (κ2) is 3.72. The summed E-state index contributed by atoms with van der Waals surface area (Å²) in [5, 5.41) is 11.7. The predicted molar refractivity (Wildman–Crippen MR) is 52.9 cm³/mol. The van der Waals surface area contributed by atoms with Gasteiger partial charge in [-0.2, -0.15) is 0 Å². The molecule has 0 heterocycles. The molecule has 0 aliphatic carbocycles. The lowest BCUT2D eigenvalue weighted by Crippen LogP contribution is -1.95. The maximum atomic E-state index is 8.55. The largest absolute Gasteiger partial charge is 0.411 e. The highest BCUT2D eigenvalue weighted by Gasteiger charge is 2.02. The van der Waals surface area contributed by atoms with Crippen LogP contribution in [0.5, 0.6) is 0 Å². The lowest BCUT2D eigenvalue weighted by Gasteiger charge is -2.02. The van der Waals surface area contributed by atoms with Gasteiger partial charge in [0.15, 0.2) is 0 Å². The Morgan fingerprint density at radius 3 is 2.67 bits per heavy atom. The molecule has 0 aliphatic heterocycles. The van der Waals surface area contributed by atoms with Crippen molar-refractivity contribution in [3.8, 4) is 0 Å². The molecule has 3 heteroatoms. The Hall–Kier alpha value is -0.830. The highest BCUT2D eigenvalue weighted by atomic mass is 79.9. The monoisotopic (exact) mass is 227 g/mol. The first-order valence-electron chi connectivity index (χ1n) is 3.60. The summed E-state index contributed by atoms with van der Waals surface area (Å²) in [6, 6.07) is 5.90. The van der Waals surface area contributed by atoms with Gasteiger partial charge in [0, 0.05) is 10.0 Å². The van der Waals surface area contributed by atoms with Crippen LogP contribution < -0.4 is 0 Å². The third-order valence-electron chi connectivity index (χ3n) is 1.66. The van der Waals surface area contributed by atoms with Crippen LogP contribution in [0.1, 0.15) is 18.1 Å². The van der Waals surface area contributed by atoms with Crippen LogP contribution >= 0.6 is 15.9 Å². The number of oxime groups is 1. The van der Waals surface area contributed by atoms with Crippen LogP contribution in [0.2, 0.25) is 0 Å². The van der Waals surface area contributed by atoms with Gasteiger partial charge in [-0.05, 0) is 25.5 Å². The van der Waals surface area contributed by atoms with E-state index in [0.29, 0.717) is 5.71 Å². The molecule has 2 nitrogen and oxygen atoms in total. The van der Waals surface area contributed by atoms with E-state index in [0.717, 1.165) is 10.0 Å². The summed E-state index contributed by atoms with van der Waals surface area (Å²) in [5.74, 6) is 0. The lowest BCUT2D eigenvalue weighted by atomic mass is 10.1. The second-order valence-electron chi connectivity index (χ2n) is 2.67. The van der Waals surface area contributed by atoms with Crippen LogP contribution in [-0.4, -0.2) is 10.9 Å². The summed E-state index contributed by atoms with van der Waals surface area (Å²) < 4.78 is 0.956. The van der Waals surface area contributed by atoms with Gasteiger partial charge in [0.25, 0.3) is 0 Å². The van der Waals surface area contributed by atoms with Crippen molar-refractivity contribution in [2.45, 2.75) is 13.8 Å². The smallest absolute Gasteiger partial charge is 0.0848 e. The maximum Gasteiger partial charge on any atom is 0.0848 e. The van der Waals surface area contributed by atoms with Crippen molar-refractivity contribution in [3.63, 3.8) is 0 Å². The van der Waals surface area contributed by atoms with E-state index in [9.17, 15) is 0 Å². The molecule has 1 N–H and O–H groups in total. The Bertz CT molecular complexity index is 320. The van der Waals surface area contributed by atoms with Crippen molar-refractivity contribution in [1.29, 1.82) is 0 Å². The minimum Gasteiger partial charge on any atom is -0.411 e. The van der Waals surface area contributed by atoms with Crippen molar-refractivity contribution in [3.05, 3.63) is 33.8 Å². The Balaban J connectivity index is 3.18. The highest BCUT2D eigenvalue weighted by molar-refractivity contribution is 9.10. The average molecular weight is 228 g/mol. The van der Waals surface area contributed by atoms with E-state index in [2.05, 4.69) is 21.1 Å². The first-order valence-corrected chi connectivity index (χ1v) is 4.39. The van der Waals surface area contributed by atoms with E-state index < -0.39 is 0 Å². The molecule has 1 aromatic carbocycles. The number of aryl methyl sites for hydroxylation is 1. The molecular weight excluding hydrogens is 218 g/mol. The molecule has 12 heavy (non-hydrogen) atoms. The summed E-state index contributed by atoms with van der Waals surface area (Å²) in [4.78, 5) is 0. The third kappa shape index (κ3) is 1.85. The Kier molecular flexibility index (Phi) is 2.87. The van der Waals surface area contributed by atoms with Crippen LogP contribution in [0.15, 0.2) is 27.8 Å². The average Bonchev–Trinajstić information content (AvgIpc) is 2.03. The summed E-state index contributed by atoms with van der Waals surface area (Å²) >= 11 is 3.40. The molecule has 0 spiro atoms. The van der Waals surface area contributed by atoms with Crippen LogP contribution in [0.25, 0.3) is 0 Å². The zero-order valence-electron chi connectivity index (χ0n) is 7.00. The minimum absolute atomic E-state index is 0.613. The number of rotatable bonds is 1. The fourth-order valence-electron chi connectivity index (χ4n) is 0.967. The minimum atomic E-state index is 0.613. The molecule has 1 rings (SSSR count). The van der Waals surface area contributed by atoms with Crippen LogP contribution in [-0.2, 0) is 0 Å². The molecule has 0 radical (unpaired) electrons. The van der Waals surface area contributed by atoms with Gasteiger partial charge in [0.1, 0.15) is 0 Å². The first-order chi connectivity index (χ1) is 5.65. The van der Waals surface area contributed by atoms with Gasteiger partial charge in [0.2, 0.25) is 0 Å². The molecule has 0 saturated heterocycles. The molecule has 0 unspecified atom stereocenters. The van der Waals surface area contributed by atoms with Crippen molar-refractivity contribution in [2.24, 2.45) is 5.16 Å². The quantitative estimate of drug-likeness (QED) is 0.447. The summed E-state index contributed by atoms with van der Waals surface area (Å²) in [6.07, 6.45) is 0. The molecule has 0 aromatic heterocycles. The molecule has 0 saturated carbocycles. The van der Waals surface area contributed by atoms with Crippen molar-refractivity contribution < 1.29 is 5.21 Å². The van der Waals surface area contributed by atoms with Gasteiger partial charge in [-0.3, -0.25) is 0 Å². The normalized spacial score (nSPS) is 11.8. The molecule has 0 aliphatic rings. The van der Waals surface area contributed by atoms with E-state index in [1.165, 1.54) is 5.56 Å². The van der Waals surface area contributed by atoms with E-state index in [4.69, 9.17) is 5.21 Å². The van der Waals surface area contributed by atoms with Crippen LogP contribution in [0.4, 0.5) is 0 Å². The topological polar surface area (TPSA) is 32.6 Å². The molecule has 0 atom stereocenters. The van der Waals surface area contributed by atoms with E-state index in [1.807, 2.05) is 25.1 Å². The van der Waals surface area contributed by atoms with E-state index >= 15 is 0 Å². The lowest BCUT2D eigenvalue weighted by molar-refractivity contribution is 0.319. The molecule has 0 fully saturated rings. The highest BCUT2D eigenvalue weighted by Crippen LogP contribution is 2.18. The second-order valence-corrected chi connectivity index (χ2v) is 3.52. The number of halogens is 1. The van der Waals surface area contributed by atoms with Gasteiger partial charge < -0.3 is 5.21 Å². The number of nitrogens with zero attached hydrogens (tertiary/aromatic N) is 1. The SMILES string of the molecule is CC(=NO)c1ccc(C)cc1Br. The third-order valence-corrected chi connectivity index (χ3v) is 2.32. The molecular formula is C9H10BrNO. The van der Waals surface area contributed by atoms with E-state index in [1.54, 1.807) is 6.92 Å². The number of hydrogen-bond donors (Lipinski definition) is 1. The molecule has 0 bridgehead atoms. The Morgan fingerprint density at radius 1 is 1.50 bits per heavy atom. The Morgan fingerprint density at radius 2 is 2.17 bits per heavy atom. The van der Waals surface area contributed by atoms with Crippen LogP contribution in [0, 0.1) is 6.92 Å². The van der Waals surface area contributed by atoms with Gasteiger partial charge >= 0.3 is 0 Å². The predicted octanol–water partition coefficient (Wildman–Crippen LogP) is 2.96. The molecule has 0 amide bonds. The zero-order chi connectivity index (χ0) is 9.14. The van der Waals surface area contributed by atoms with Crippen molar-refractivity contribution in [1.82, 2.24) is 0 Å². The number of benzene rings is 1. The van der Waals surface area contributed by atoms with Gasteiger partial charge in [0.05, 0.1) is 5.71 Å². The summed E-state index contributed by atoms with van der Waals surface area (Å²) in [7, 11) is 0. The standard InChI is InChI=1S/C9H10BrNO/c1-6-3-4-8(7(2)11-12)9(10)5-6/h3-5,12H,1-2H3. The molecule has 64 valence electrons. The van der Waals surface area contributed by atoms with Gasteiger partial charge in [-0.15, -0.1) is 0 Å². The summed E-state index contributed by atoms with van der Waals surface area (Å²) in [6.45, 7) is 3.77. The first kappa shape index (κ1) is 9.26. The number of hydrogen-bond acceptors (Lipinski definition) is 2. The van der Waals surface area contributed by atoms with E-state index in [-0.39, 0.29) is 0 Å². The van der Waals surface area contributed by atoms with Crippen molar-refractivity contribution >= 4 is 21.6 Å². The fourth-order valence-corrected chi connectivity index (χ4v) is 1.75. The van der Waals surface area contributed by atoms with Crippen molar-refractivity contribution in [2.75, 3.05) is 0 Å². The zero-order valence-corrected chi connectivity index (χ0v) is 8.59.